The van der Waals surface area contributed by atoms with Crippen LogP contribution in [0.4, 0.5) is 5.82 Å². The van der Waals surface area contributed by atoms with Crippen LogP contribution < -0.4 is 19.0 Å². The number of hydrogen-bond donors (Lipinski definition) is 1. The average Bonchev–Trinajstić information content (AvgIpc) is 3.38. The van der Waals surface area contributed by atoms with E-state index in [1.807, 2.05) is 36.4 Å². The second kappa shape index (κ2) is 14.1. The second-order valence-electron chi connectivity index (χ2n) is 14.6. The van der Waals surface area contributed by atoms with E-state index in [1.54, 1.807) is 12.3 Å². The number of aryl methyl sites for hydroxylation is 2. The maximum absolute atomic E-state index is 15.5. The van der Waals surface area contributed by atoms with Crippen LogP contribution >= 0.6 is 8.09 Å². The van der Waals surface area contributed by atoms with E-state index in [0.29, 0.717) is 17.3 Å². The Balaban J connectivity index is 1.25. The number of benzene rings is 8. The van der Waals surface area contributed by atoms with Crippen molar-refractivity contribution < 1.29 is 13.9 Å². The zero-order valence-corrected chi connectivity index (χ0v) is 32.3. The number of nitrogens with one attached hydrogen (secondary N) is 1. The standard InChI is InChI=1S/C51H37N2O3P/c1-33-11-9-15-39(29-33)35-20-24-37(25-21-35)45-31-41-13-3-5-17-43(41)48-49-44-18-6-4-14-42(44)32-46(38-26-22-36(23-27-38)40-16-10-12-34(2)30-40)51(49)56-57(54,55-50(45)48)53-47-19-7-8-28-52-47/h3-32H,1-2H3,(H,52,53,54). The fraction of sp³-hybridized carbons (Fsp3) is 0.0392. The average molecular weight is 757 g/mol. The molecule has 274 valence electrons. The van der Waals surface area contributed by atoms with E-state index in [9.17, 15) is 0 Å². The summed E-state index contributed by atoms with van der Waals surface area (Å²) in [5, 5.41) is 7.07. The number of fused-ring (bicyclic) bond motifs is 7. The Hall–Kier alpha value is -6.78. The Morgan fingerprint density at radius 3 is 1.37 bits per heavy atom. The van der Waals surface area contributed by atoms with E-state index < -0.39 is 8.09 Å². The molecular formula is C51H37N2O3P. The molecule has 0 bridgehead atoms. The largest absolute Gasteiger partial charge is 0.597 e. The van der Waals surface area contributed by atoms with Crippen molar-refractivity contribution in [2.75, 3.05) is 5.09 Å². The van der Waals surface area contributed by atoms with E-state index in [-0.39, 0.29) is 0 Å². The van der Waals surface area contributed by atoms with Crippen LogP contribution in [0.15, 0.2) is 182 Å². The molecule has 0 aliphatic carbocycles. The van der Waals surface area contributed by atoms with Crippen LogP contribution in [-0.2, 0) is 0 Å². The number of rotatable bonds is 6. The van der Waals surface area contributed by atoms with Gasteiger partial charge in [-0.05, 0) is 93.0 Å². The molecule has 0 radical (unpaired) electrons. The van der Waals surface area contributed by atoms with Crippen molar-refractivity contribution in [2.24, 2.45) is 0 Å². The minimum atomic E-state index is -4.23. The van der Waals surface area contributed by atoms with Crippen LogP contribution in [0.3, 0.4) is 0 Å². The van der Waals surface area contributed by atoms with Gasteiger partial charge in [0.2, 0.25) is 0 Å². The van der Waals surface area contributed by atoms with Gasteiger partial charge in [-0.25, -0.2) is 4.98 Å². The Kier molecular flexibility index (Phi) is 8.56. The smallest absolute Gasteiger partial charge is 0.433 e. The highest BCUT2D eigenvalue weighted by Crippen LogP contribution is 2.64. The van der Waals surface area contributed by atoms with Crippen molar-refractivity contribution in [1.82, 2.24) is 4.98 Å². The van der Waals surface area contributed by atoms with Gasteiger partial charge in [-0.1, -0.05) is 163 Å². The van der Waals surface area contributed by atoms with Crippen LogP contribution in [0, 0.1) is 13.8 Å². The number of hydrogen-bond acceptors (Lipinski definition) is 5. The van der Waals surface area contributed by atoms with Crippen LogP contribution in [0.1, 0.15) is 11.1 Å². The molecule has 9 aromatic rings. The minimum Gasteiger partial charge on any atom is -0.597 e. The molecule has 0 atom stereocenters. The fourth-order valence-electron chi connectivity index (χ4n) is 7.98. The minimum absolute atomic E-state index is 0.375. The predicted octanol–water partition coefficient (Wildman–Crippen LogP) is 13.3. The SMILES string of the molecule is Cc1cccc(-c2ccc(-c3cc4ccccc4c4c3O[P+]([O-])(Nc3ccccn3)Oc3c(-c5ccc(-c6cccc(C)c6)cc5)cc5ccccc5c3-4)cc2)c1. The number of anilines is 1. The summed E-state index contributed by atoms with van der Waals surface area (Å²) in [5.41, 5.74) is 12.0. The van der Waals surface area contributed by atoms with Gasteiger partial charge < -0.3 is 4.89 Å². The summed E-state index contributed by atoms with van der Waals surface area (Å²) in [4.78, 5) is 20.0. The third-order valence-corrected chi connectivity index (χ3v) is 12.0. The van der Waals surface area contributed by atoms with Gasteiger partial charge in [-0.15, -0.1) is 0 Å². The van der Waals surface area contributed by atoms with Gasteiger partial charge in [0.15, 0.2) is 17.3 Å². The molecule has 0 fully saturated rings. The molecule has 0 unspecified atom stereocenters. The van der Waals surface area contributed by atoms with Crippen molar-refractivity contribution >= 4 is 35.5 Å². The van der Waals surface area contributed by atoms with Crippen molar-refractivity contribution in [2.45, 2.75) is 13.8 Å². The van der Waals surface area contributed by atoms with Crippen LogP contribution in [0.2, 0.25) is 0 Å². The highest BCUT2D eigenvalue weighted by molar-refractivity contribution is 7.61. The lowest BCUT2D eigenvalue weighted by Crippen LogP contribution is -2.27. The summed E-state index contributed by atoms with van der Waals surface area (Å²) in [6.07, 6.45) is 1.65. The van der Waals surface area contributed by atoms with Gasteiger partial charge in [-0.2, -0.15) is 5.09 Å². The lowest BCUT2D eigenvalue weighted by molar-refractivity contribution is -0.200. The molecule has 5 nitrogen and oxygen atoms in total. The zero-order chi connectivity index (χ0) is 38.5. The Bertz CT molecular complexity index is 2780. The molecule has 57 heavy (non-hydrogen) atoms. The van der Waals surface area contributed by atoms with E-state index in [0.717, 1.165) is 77.2 Å². The van der Waals surface area contributed by atoms with Crippen molar-refractivity contribution in [3.8, 4) is 67.1 Å². The third-order valence-electron chi connectivity index (χ3n) is 10.7. The molecule has 1 aliphatic rings. The van der Waals surface area contributed by atoms with E-state index in [1.165, 1.54) is 11.1 Å². The Morgan fingerprint density at radius 1 is 0.456 bits per heavy atom. The maximum Gasteiger partial charge on any atom is 0.433 e. The number of aromatic nitrogens is 1. The summed E-state index contributed by atoms with van der Waals surface area (Å²) in [6, 6.07) is 60.2. The predicted molar refractivity (Wildman–Crippen MR) is 234 cm³/mol. The van der Waals surface area contributed by atoms with Gasteiger partial charge >= 0.3 is 8.09 Å². The summed E-state index contributed by atoms with van der Waals surface area (Å²) >= 11 is 0. The first-order valence-corrected chi connectivity index (χ1v) is 20.6. The van der Waals surface area contributed by atoms with E-state index in [4.69, 9.17) is 9.05 Å². The third kappa shape index (κ3) is 6.47. The molecule has 8 aromatic carbocycles. The summed E-state index contributed by atoms with van der Waals surface area (Å²) in [7, 11) is -4.23. The maximum atomic E-state index is 15.5. The lowest BCUT2D eigenvalue weighted by Gasteiger charge is -2.27. The molecule has 0 amide bonds. The molecule has 10 rings (SSSR count). The Morgan fingerprint density at radius 2 is 0.912 bits per heavy atom. The molecule has 1 aromatic heterocycles. The molecule has 0 saturated heterocycles. The first-order chi connectivity index (χ1) is 27.9. The second-order valence-corrected chi connectivity index (χ2v) is 16.2. The first kappa shape index (κ1) is 34.7. The zero-order valence-electron chi connectivity index (χ0n) is 31.4. The fourth-order valence-corrected chi connectivity index (χ4v) is 9.38. The summed E-state index contributed by atoms with van der Waals surface area (Å²) in [5.74, 6) is 1.32. The molecule has 2 heterocycles. The quantitative estimate of drug-likeness (QED) is 0.171. The topological polar surface area (TPSA) is 66.4 Å². The Labute approximate surface area is 332 Å². The van der Waals surface area contributed by atoms with Gasteiger partial charge in [0, 0.05) is 28.5 Å². The van der Waals surface area contributed by atoms with Crippen molar-refractivity contribution in [3.63, 3.8) is 0 Å². The monoisotopic (exact) mass is 756 g/mol. The number of nitrogens with zero attached hydrogens (tertiary/aromatic N) is 1. The molecule has 1 N–H and O–H groups in total. The van der Waals surface area contributed by atoms with E-state index >= 15 is 4.89 Å². The van der Waals surface area contributed by atoms with Gasteiger partial charge in [0.05, 0.1) is 0 Å². The van der Waals surface area contributed by atoms with Crippen LogP contribution in [0.25, 0.3) is 77.2 Å². The van der Waals surface area contributed by atoms with Crippen LogP contribution in [0.5, 0.6) is 11.5 Å². The molecular weight excluding hydrogens is 720 g/mol. The van der Waals surface area contributed by atoms with E-state index in [2.05, 4.69) is 157 Å². The lowest BCUT2D eigenvalue weighted by atomic mass is 9.86. The molecule has 0 spiro atoms. The van der Waals surface area contributed by atoms with Crippen LogP contribution in [-0.4, -0.2) is 4.98 Å². The molecule has 1 aliphatic heterocycles. The summed E-state index contributed by atoms with van der Waals surface area (Å²) < 4.78 is 13.7. The van der Waals surface area contributed by atoms with Gasteiger partial charge in [0.25, 0.3) is 0 Å². The van der Waals surface area contributed by atoms with Crippen molar-refractivity contribution in [1.29, 1.82) is 0 Å². The summed E-state index contributed by atoms with van der Waals surface area (Å²) in [6.45, 7) is 4.21. The molecule has 0 saturated carbocycles. The van der Waals surface area contributed by atoms with Crippen molar-refractivity contribution in [3.05, 3.63) is 193 Å². The van der Waals surface area contributed by atoms with Gasteiger partial charge in [-0.3, -0.25) is 9.05 Å². The first-order valence-electron chi connectivity index (χ1n) is 19.0. The normalized spacial score (nSPS) is 12.9. The highest BCUT2D eigenvalue weighted by atomic mass is 31.2. The van der Waals surface area contributed by atoms with Gasteiger partial charge in [0.1, 0.15) is 0 Å². The number of pyridine rings is 1. The highest BCUT2D eigenvalue weighted by Gasteiger charge is 2.43. The molecule has 6 heteroatoms.